The molecule has 0 atom stereocenters. The molecule has 1 heterocycles. The lowest BCUT2D eigenvalue weighted by Gasteiger charge is -2.33. The van der Waals surface area contributed by atoms with Crippen LogP contribution >= 0.6 is 0 Å². The summed E-state index contributed by atoms with van der Waals surface area (Å²) in [4.78, 5) is 12.2. The minimum Gasteiger partial charge on any atom is -0.350 e. The van der Waals surface area contributed by atoms with Gasteiger partial charge in [0.05, 0.1) is 25.8 Å². The molecule has 1 aliphatic rings. The molecule has 0 aliphatic carbocycles. The van der Waals surface area contributed by atoms with Gasteiger partial charge in [0.25, 0.3) is 0 Å². The molecule has 0 radical (unpaired) electrons. The van der Waals surface area contributed by atoms with E-state index < -0.39 is 5.79 Å². The number of hydrogen-bond donors (Lipinski definition) is 1. The Morgan fingerprint density at radius 3 is 2.30 bits per heavy atom. The predicted octanol–water partition coefficient (Wildman–Crippen LogP) is 3.99. The van der Waals surface area contributed by atoms with Crippen molar-refractivity contribution in [3.8, 4) is 0 Å². The highest BCUT2D eigenvalue weighted by Gasteiger charge is 2.31. The van der Waals surface area contributed by atoms with Crippen LogP contribution in [0.4, 0.5) is 0 Å². The molecule has 3 aromatic carbocycles. The van der Waals surface area contributed by atoms with Gasteiger partial charge in [-0.2, -0.15) is 5.10 Å². The number of fused-ring (bicyclic) bond motifs is 2. The van der Waals surface area contributed by atoms with Crippen molar-refractivity contribution in [1.29, 1.82) is 0 Å². The Balaban J connectivity index is 1.57. The number of rotatable bonds is 4. The zero-order valence-electron chi connectivity index (χ0n) is 15.3. The van der Waals surface area contributed by atoms with E-state index in [1.165, 1.54) is 0 Å². The summed E-state index contributed by atoms with van der Waals surface area (Å²) in [6, 6.07) is 18.5. The van der Waals surface area contributed by atoms with Crippen LogP contribution in [0.3, 0.4) is 0 Å². The van der Waals surface area contributed by atoms with Crippen LogP contribution in [0.5, 0.6) is 0 Å². The summed E-state index contributed by atoms with van der Waals surface area (Å²) < 4.78 is 11.2. The average Bonchev–Trinajstić information content (AvgIpc) is 2.67. The molecule has 5 nitrogen and oxygen atoms in total. The second-order valence-electron chi connectivity index (χ2n) is 6.89. The highest BCUT2D eigenvalue weighted by molar-refractivity contribution is 6.13. The number of benzene rings is 3. The first-order chi connectivity index (χ1) is 13.1. The molecule has 4 rings (SSSR count). The van der Waals surface area contributed by atoms with Crippen molar-refractivity contribution in [2.75, 3.05) is 13.2 Å². The highest BCUT2D eigenvalue weighted by atomic mass is 16.7. The zero-order chi connectivity index (χ0) is 18.7. The Bertz CT molecular complexity index is 953. The van der Waals surface area contributed by atoms with Crippen molar-refractivity contribution < 1.29 is 14.3 Å². The summed E-state index contributed by atoms with van der Waals surface area (Å²) in [6.45, 7) is 3.00. The number of nitrogens with zero attached hydrogens (tertiary/aromatic N) is 1. The predicted molar refractivity (Wildman–Crippen MR) is 107 cm³/mol. The molecule has 1 aliphatic heterocycles. The summed E-state index contributed by atoms with van der Waals surface area (Å²) in [5.41, 5.74) is 3.59. The fourth-order valence-electron chi connectivity index (χ4n) is 3.47. The molecule has 5 heteroatoms. The van der Waals surface area contributed by atoms with E-state index in [0.717, 1.165) is 33.5 Å². The Hall–Kier alpha value is -2.76. The van der Waals surface area contributed by atoms with Gasteiger partial charge in [-0.25, -0.2) is 5.43 Å². The molecule has 1 fully saturated rings. The fraction of sp³-hybridized carbons (Fsp3) is 0.273. The maximum absolute atomic E-state index is 12.2. The van der Waals surface area contributed by atoms with Gasteiger partial charge in [0.1, 0.15) is 0 Å². The number of hydrazone groups is 1. The average molecular weight is 362 g/mol. The quantitative estimate of drug-likeness (QED) is 0.434. The highest BCUT2D eigenvalue weighted by Crippen LogP contribution is 2.27. The molecule has 0 unspecified atom stereocenters. The second-order valence-corrected chi connectivity index (χ2v) is 6.89. The lowest BCUT2D eigenvalue weighted by Crippen LogP contribution is -2.41. The van der Waals surface area contributed by atoms with Crippen molar-refractivity contribution in [1.82, 2.24) is 5.43 Å². The van der Waals surface area contributed by atoms with Crippen LogP contribution in [0.2, 0.25) is 0 Å². The molecule has 0 aromatic heterocycles. The maximum Gasteiger partial charge on any atom is 0.245 e. The van der Waals surface area contributed by atoms with E-state index in [0.29, 0.717) is 13.2 Å². The molecule has 0 spiro atoms. The first-order valence-corrected chi connectivity index (χ1v) is 9.15. The largest absolute Gasteiger partial charge is 0.350 e. The molecule has 0 bridgehead atoms. The Morgan fingerprint density at radius 1 is 1.07 bits per heavy atom. The molecule has 1 amide bonds. The van der Waals surface area contributed by atoms with Gasteiger partial charge in [-0.05, 0) is 41.0 Å². The maximum atomic E-state index is 12.2. The van der Waals surface area contributed by atoms with Gasteiger partial charge >= 0.3 is 0 Å². The topological polar surface area (TPSA) is 59.9 Å². The summed E-state index contributed by atoms with van der Waals surface area (Å²) in [5.74, 6) is -1.11. The van der Waals surface area contributed by atoms with Crippen molar-refractivity contribution >= 4 is 33.7 Å². The number of carbonyl (C=O) groups excluding carboxylic acids is 1. The number of carbonyl (C=O) groups is 1. The molecular formula is C22H22N2O3. The van der Waals surface area contributed by atoms with Crippen LogP contribution in [0.25, 0.3) is 21.5 Å². The SMILES string of the molecule is CC1(CC(=O)N/N=C/c2c3ccccc3cc3ccccc23)OCCCO1. The summed E-state index contributed by atoms with van der Waals surface area (Å²) in [7, 11) is 0. The van der Waals surface area contributed by atoms with Gasteiger partial charge < -0.3 is 9.47 Å². The smallest absolute Gasteiger partial charge is 0.245 e. The van der Waals surface area contributed by atoms with Gasteiger partial charge in [-0.15, -0.1) is 0 Å². The van der Waals surface area contributed by atoms with Crippen molar-refractivity contribution in [2.45, 2.75) is 25.6 Å². The van der Waals surface area contributed by atoms with Crippen molar-refractivity contribution in [3.05, 3.63) is 60.2 Å². The summed E-state index contributed by atoms with van der Waals surface area (Å²) in [5, 5.41) is 8.68. The first kappa shape index (κ1) is 17.6. The van der Waals surface area contributed by atoms with Gasteiger partial charge in [-0.1, -0.05) is 48.5 Å². The van der Waals surface area contributed by atoms with E-state index in [4.69, 9.17) is 9.47 Å². The molecule has 1 saturated heterocycles. The monoisotopic (exact) mass is 362 g/mol. The lowest BCUT2D eigenvalue weighted by atomic mass is 9.97. The third-order valence-corrected chi connectivity index (χ3v) is 4.78. The zero-order valence-corrected chi connectivity index (χ0v) is 15.3. The molecule has 3 aromatic rings. The van der Waals surface area contributed by atoms with Crippen molar-refractivity contribution in [2.24, 2.45) is 5.10 Å². The van der Waals surface area contributed by atoms with Crippen LogP contribution in [0.1, 0.15) is 25.3 Å². The minimum absolute atomic E-state index is 0.112. The Morgan fingerprint density at radius 2 is 1.67 bits per heavy atom. The standard InChI is InChI=1S/C22H22N2O3/c1-22(26-11-6-12-27-22)14-21(25)24-23-15-20-18-9-4-2-7-16(18)13-17-8-3-5-10-19(17)20/h2-5,7-10,13,15H,6,11-12,14H2,1H3,(H,24,25)/b23-15+. The molecular weight excluding hydrogens is 340 g/mol. The number of amides is 1. The van der Waals surface area contributed by atoms with Crippen LogP contribution in [-0.4, -0.2) is 31.1 Å². The van der Waals surface area contributed by atoms with E-state index in [9.17, 15) is 4.79 Å². The number of nitrogens with one attached hydrogen (secondary N) is 1. The van der Waals surface area contributed by atoms with E-state index in [1.54, 1.807) is 13.1 Å². The minimum atomic E-state index is -0.871. The number of hydrogen-bond acceptors (Lipinski definition) is 4. The van der Waals surface area contributed by atoms with Crippen LogP contribution in [-0.2, 0) is 14.3 Å². The van der Waals surface area contributed by atoms with E-state index in [2.05, 4.69) is 40.9 Å². The third kappa shape index (κ3) is 3.84. The molecule has 0 saturated carbocycles. The van der Waals surface area contributed by atoms with E-state index >= 15 is 0 Å². The van der Waals surface area contributed by atoms with E-state index in [-0.39, 0.29) is 12.3 Å². The summed E-state index contributed by atoms with van der Waals surface area (Å²) in [6.07, 6.45) is 2.68. The number of ether oxygens (including phenoxy) is 2. The second kappa shape index (κ2) is 7.47. The van der Waals surface area contributed by atoms with E-state index in [1.807, 2.05) is 24.3 Å². The molecule has 27 heavy (non-hydrogen) atoms. The molecule has 138 valence electrons. The first-order valence-electron chi connectivity index (χ1n) is 9.15. The van der Waals surface area contributed by atoms with Crippen molar-refractivity contribution in [3.63, 3.8) is 0 Å². The van der Waals surface area contributed by atoms with Gasteiger partial charge in [0.15, 0.2) is 5.79 Å². The van der Waals surface area contributed by atoms with Crippen LogP contribution < -0.4 is 5.43 Å². The summed E-state index contributed by atoms with van der Waals surface area (Å²) >= 11 is 0. The normalized spacial score (nSPS) is 16.8. The van der Waals surface area contributed by atoms with Gasteiger partial charge in [-0.3, -0.25) is 4.79 Å². The fourth-order valence-corrected chi connectivity index (χ4v) is 3.47. The third-order valence-electron chi connectivity index (χ3n) is 4.78. The van der Waals surface area contributed by atoms with Gasteiger partial charge in [0.2, 0.25) is 5.91 Å². The van der Waals surface area contributed by atoms with Crippen LogP contribution in [0.15, 0.2) is 59.7 Å². The Labute approximate surface area is 158 Å². The molecule has 1 N–H and O–H groups in total. The lowest BCUT2D eigenvalue weighted by molar-refractivity contribution is -0.256. The Kier molecular flexibility index (Phi) is 4.88. The van der Waals surface area contributed by atoms with Gasteiger partial charge in [0, 0.05) is 5.56 Å². The van der Waals surface area contributed by atoms with Crippen LogP contribution in [0, 0.1) is 0 Å².